The van der Waals surface area contributed by atoms with Gasteiger partial charge in [0.2, 0.25) is 5.91 Å². The van der Waals surface area contributed by atoms with Crippen LogP contribution in [0.4, 0.5) is 0 Å². The Morgan fingerprint density at radius 1 is 1.19 bits per heavy atom. The molecule has 7 nitrogen and oxygen atoms in total. The highest BCUT2D eigenvalue weighted by molar-refractivity contribution is 8.13. The topological polar surface area (TPSA) is 97.5 Å². The quantitative estimate of drug-likeness (QED) is 0.394. The summed E-state index contributed by atoms with van der Waals surface area (Å²) < 4.78 is 10.7. The van der Waals surface area contributed by atoms with Crippen molar-refractivity contribution in [3.8, 4) is 5.75 Å². The number of hydrogen-bond donors (Lipinski definition) is 2. The number of hydrogen-bond acceptors (Lipinski definition) is 6. The third-order valence-electron chi connectivity index (χ3n) is 6.74. The number of aryl methyl sites for hydroxylation is 1. The number of nitrogens with one attached hydrogen (secondary N) is 2. The lowest BCUT2D eigenvalue weighted by molar-refractivity contribution is -0.145. The smallest absolute Gasteiger partial charge is 0.328 e. The molecular formula is C28H32N2O5S. The third kappa shape index (κ3) is 5.75. The van der Waals surface area contributed by atoms with Gasteiger partial charge in [0.05, 0.1) is 19.6 Å². The van der Waals surface area contributed by atoms with E-state index >= 15 is 0 Å². The Labute approximate surface area is 215 Å². The molecule has 0 saturated carbocycles. The molecule has 3 aromatic rings. The molecule has 36 heavy (non-hydrogen) atoms. The largest absolute Gasteiger partial charge is 0.494 e. The number of carbonyl (C=O) groups is 3. The second-order valence-electron chi connectivity index (χ2n) is 9.00. The first kappa shape index (κ1) is 25.8. The Morgan fingerprint density at radius 2 is 2.00 bits per heavy atom. The summed E-state index contributed by atoms with van der Waals surface area (Å²) in [7, 11) is 1.32. The van der Waals surface area contributed by atoms with Crippen LogP contribution in [0.2, 0.25) is 0 Å². The van der Waals surface area contributed by atoms with Crippen molar-refractivity contribution in [2.45, 2.75) is 45.1 Å². The minimum atomic E-state index is -0.840. The fraction of sp³-hybridized carbons (Fsp3) is 0.393. The summed E-state index contributed by atoms with van der Waals surface area (Å²) in [5.74, 6) is -0.0902. The van der Waals surface area contributed by atoms with Crippen molar-refractivity contribution in [3.05, 3.63) is 65.4 Å². The molecule has 2 N–H and O–H groups in total. The van der Waals surface area contributed by atoms with Crippen LogP contribution in [-0.4, -0.2) is 47.5 Å². The molecule has 190 valence electrons. The van der Waals surface area contributed by atoms with Crippen LogP contribution in [0.1, 0.15) is 42.9 Å². The summed E-state index contributed by atoms with van der Waals surface area (Å²) in [4.78, 5) is 41.4. The highest BCUT2D eigenvalue weighted by Gasteiger charge is 2.36. The van der Waals surface area contributed by atoms with Crippen LogP contribution < -0.4 is 10.1 Å². The normalized spacial score (nSPS) is 16.2. The van der Waals surface area contributed by atoms with E-state index in [1.807, 2.05) is 55.6 Å². The molecule has 0 fully saturated rings. The van der Waals surface area contributed by atoms with E-state index in [0.717, 1.165) is 52.4 Å². The zero-order valence-corrected chi connectivity index (χ0v) is 21.7. The SMILES string of the molecule is CCOc1ccc2c(c1)CCC2C(CSC(C)=O)C(=O)NC(Cc1c[nH]c2ccccc12)C(=O)OC. The van der Waals surface area contributed by atoms with Crippen LogP contribution in [0.3, 0.4) is 0 Å². The summed E-state index contributed by atoms with van der Waals surface area (Å²) in [6.07, 6.45) is 3.80. The van der Waals surface area contributed by atoms with Crippen LogP contribution in [0.5, 0.6) is 5.75 Å². The molecule has 1 aliphatic carbocycles. The molecule has 4 rings (SSSR count). The van der Waals surface area contributed by atoms with E-state index in [1.54, 1.807) is 0 Å². The fourth-order valence-corrected chi connectivity index (χ4v) is 5.82. The molecule has 1 heterocycles. The van der Waals surface area contributed by atoms with Gasteiger partial charge in [-0.2, -0.15) is 0 Å². The number of amides is 1. The zero-order valence-electron chi connectivity index (χ0n) is 20.8. The third-order valence-corrected chi connectivity index (χ3v) is 7.67. The summed E-state index contributed by atoms with van der Waals surface area (Å²) in [6.45, 7) is 4.04. The maximum atomic E-state index is 13.7. The maximum Gasteiger partial charge on any atom is 0.328 e. The average Bonchev–Trinajstić information content (AvgIpc) is 3.47. The van der Waals surface area contributed by atoms with Gasteiger partial charge < -0.3 is 19.8 Å². The molecule has 3 atom stereocenters. The molecule has 3 unspecified atom stereocenters. The van der Waals surface area contributed by atoms with E-state index in [9.17, 15) is 14.4 Å². The van der Waals surface area contributed by atoms with Crippen LogP contribution in [0.25, 0.3) is 10.9 Å². The van der Waals surface area contributed by atoms with Crippen molar-refractivity contribution in [1.29, 1.82) is 0 Å². The summed E-state index contributed by atoms with van der Waals surface area (Å²) in [5, 5.41) is 3.92. The van der Waals surface area contributed by atoms with Gasteiger partial charge in [-0.05, 0) is 60.6 Å². The molecular weight excluding hydrogens is 476 g/mol. The number of esters is 1. The Kier molecular flexibility index (Phi) is 8.36. The highest BCUT2D eigenvalue weighted by Crippen LogP contribution is 2.41. The van der Waals surface area contributed by atoms with E-state index in [4.69, 9.17) is 9.47 Å². The van der Waals surface area contributed by atoms with Gasteiger partial charge in [0, 0.05) is 36.2 Å². The predicted molar refractivity (Wildman–Crippen MR) is 141 cm³/mol. The van der Waals surface area contributed by atoms with Crippen LogP contribution in [0, 0.1) is 5.92 Å². The number of para-hydroxylation sites is 1. The number of rotatable bonds is 10. The molecule has 0 bridgehead atoms. The van der Waals surface area contributed by atoms with Gasteiger partial charge in [0.25, 0.3) is 0 Å². The predicted octanol–water partition coefficient (Wildman–Crippen LogP) is 4.39. The number of benzene rings is 2. The molecule has 2 aromatic carbocycles. The van der Waals surface area contributed by atoms with Crippen molar-refractivity contribution < 1.29 is 23.9 Å². The van der Waals surface area contributed by atoms with Crippen LogP contribution in [-0.2, 0) is 32.0 Å². The van der Waals surface area contributed by atoms with Gasteiger partial charge in [-0.15, -0.1) is 0 Å². The van der Waals surface area contributed by atoms with Crippen LogP contribution >= 0.6 is 11.8 Å². The summed E-state index contributed by atoms with van der Waals surface area (Å²) in [6, 6.07) is 13.0. The standard InChI is InChI=1S/C28H32N2O5S/c1-4-35-20-10-12-21-18(13-20)9-11-23(21)24(16-36-17(2)31)27(32)30-26(28(33)34-3)14-19-15-29-25-8-6-5-7-22(19)25/h5-8,10,12-13,15,23-24,26,29H,4,9,11,14,16H2,1-3H3,(H,30,32). The first-order valence-corrected chi connectivity index (χ1v) is 13.2. The van der Waals surface area contributed by atoms with Crippen LogP contribution in [0.15, 0.2) is 48.7 Å². The molecule has 0 spiro atoms. The Hall–Kier alpha value is -3.26. The van der Waals surface area contributed by atoms with Crippen molar-refractivity contribution in [3.63, 3.8) is 0 Å². The highest BCUT2D eigenvalue weighted by atomic mass is 32.2. The van der Waals surface area contributed by atoms with Gasteiger partial charge in [0.15, 0.2) is 5.12 Å². The number of H-pyrrole nitrogens is 1. The first-order valence-electron chi connectivity index (χ1n) is 12.2. The number of methoxy groups -OCH3 is 1. The Bertz CT molecular complexity index is 1250. The molecule has 8 heteroatoms. The Balaban J connectivity index is 1.57. The van der Waals surface area contributed by atoms with E-state index in [1.165, 1.54) is 19.6 Å². The molecule has 1 amide bonds. The summed E-state index contributed by atoms with van der Waals surface area (Å²) in [5.41, 5.74) is 4.16. The number of carbonyl (C=O) groups excluding carboxylic acids is 3. The first-order chi connectivity index (χ1) is 17.4. The zero-order chi connectivity index (χ0) is 25.7. The lowest BCUT2D eigenvalue weighted by Crippen LogP contribution is -2.47. The number of thioether (sulfide) groups is 1. The van der Waals surface area contributed by atoms with Gasteiger partial charge in [-0.3, -0.25) is 9.59 Å². The van der Waals surface area contributed by atoms with Crippen molar-refractivity contribution >= 4 is 39.7 Å². The minimum Gasteiger partial charge on any atom is -0.494 e. The number of aromatic amines is 1. The summed E-state index contributed by atoms with van der Waals surface area (Å²) >= 11 is 1.14. The molecule has 1 aromatic heterocycles. The fourth-order valence-electron chi connectivity index (χ4n) is 5.02. The second kappa shape index (κ2) is 11.6. The number of ether oxygens (including phenoxy) is 2. The molecule has 1 aliphatic rings. The van der Waals surface area contributed by atoms with Gasteiger partial charge in [-0.1, -0.05) is 36.0 Å². The minimum absolute atomic E-state index is 0.0407. The van der Waals surface area contributed by atoms with Crippen molar-refractivity contribution in [1.82, 2.24) is 10.3 Å². The van der Waals surface area contributed by atoms with Crippen molar-refractivity contribution in [2.24, 2.45) is 5.92 Å². The molecule has 0 radical (unpaired) electrons. The van der Waals surface area contributed by atoms with E-state index in [0.29, 0.717) is 18.8 Å². The van der Waals surface area contributed by atoms with E-state index in [2.05, 4.69) is 10.3 Å². The molecule has 0 saturated heterocycles. The lowest BCUT2D eigenvalue weighted by atomic mass is 9.87. The average molecular weight is 509 g/mol. The van der Waals surface area contributed by atoms with E-state index < -0.39 is 17.9 Å². The Morgan fingerprint density at radius 3 is 2.75 bits per heavy atom. The molecule has 0 aliphatic heterocycles. The van der Waals surface area contributed by atoms with E-state index in [-0.39, 0.29) is 16.9 Å². The second-order valence-corrected chi connectivity index (χ2v) is 10.2. The van der Waals surface area contributed by atoms with Gasteiger partial charge in [-0.25, -0.2) is 4.79 Å². The number of fused-ring (bicyclic) bond motifs is 2. The number of aromatic nitrogens is 1. The monoisotopic (exact) mass is 508 g/mol. The van der Waals surface area contributed by atoms with Gasteiger partial charge >= 0.3 is 5.97 Å². The maximum absolute atomic E-state index is 13.7. The van der Waals surface area contributed by atoms with Gasteiger partial charge in [0.1, 0.15) is 11.8 Å². The lowest BCUT2D eigenvalue weighted by Gasteiger charge is -2.26. The van der Waals surface area contributed by atoms with Crippen molar-refractivity contribution in [2.75, 3.05) is 19.5 Å².